The van der Waals surface area contributed by atoms with Gasteiger partial charge in [0.25, 0.3) is 0 Å². The van der Waals surface area contributed by atoms with E-state index in [2.05, 4.69) is 80.8 Å². The van der Waals surface area contributed by atoms with Gasteiger partial charge in [0.1, 0.15) is 0 Å². The molecule has 0 aliphatic rings. The molecule has 60 valence electrons. The first kappa shape index (κ1) is 9.98. The van der Waals surface area contributed by atoms with E-state index in [1.807, 2.05) is 0 Å². The molecule has 1 aromatic rings. The van der Waals surface area contributed by atoms with Gasteiger partial charge >= 0.3 is 0 Å². The lowest BCUT2D eigenvalue weighted by Gasteiger charge is -2.15. The molecule has 0 saturated carbocycles. The monoisotopic (exact) mass is 388 g/mol. The van der Waals surface area contributed by atoms with Crippen LogP contribution in [0.3, 0.4) is 0 Å². The fourth-order valence-electron chi connectivity index (χ4n) is 0.886. The Labute approximate surface area is 94.2 Å². The van der Waals surface area contributed by atoms with E-state index in [0.717, 1.165) is 0 Å². The normalized spacial score (nSPS) is 11.5. The summed E-state index contributed by atoms with van der Waals surface area (Å²) in [7, 11) is 0. The molecule has 1 aromatic carbocycles. The molecular weight excluding hydrogens is 378 g/mol. The quantitative estimate of drug-likeness (QED) is 0.415. The Hall–Kier alpha value is 0.897. The van der Waals surface area contributed by atoms with Crippen LogP contribution in [0.5, 0.6) is 0 Å². The van der Waals surface area contributed by atoms with Crippen molar-refractivity contribution in [1.29, 1.82) is 0 Å². The molecule has 0 heterocycles. The zero-order valence-corrected chi connectivity index (χ0v) is 11.7. The maximum Gasteiger partial charge on any atom is 0.220 e. The van der Waals surface area contributed by atoms with Crippen molar-refractivity contribution in [3.8, 4) is 0 Å². The van der Waals surface area contributed by atoms with Crippen LogP contribution in [0, 0.1) is 0 Å². The van der Waals surface area contributed by atoms with Crippen molar-refractivity contribution in [3.05, 3.63) is 30.3 Å². The van der Waals surface area contributed by atoms with Crippen LogP contribution in [0.15, 0.2) is 30.3 Å². The highest BCUT2D eigenvalue weighted by Crippen LogP contribution is 2.25. The molecule has 0 N–H and O–H groups in total. The van der Waals surface area contributed by atoms with E-state index in [-0.39, 0.29) is 0 Å². The summed E-state index contributed by atoms with van der Waals surface area (Å²) >= 11 is 5.26. The van der Waals surface area contributed by atoms with Gasteiger partial charge in [-0.1, -0.05) is 80.8 Å². The summed E-state index contributed by atoms with van der Waals surface area (Å²) < 4.78 is -1.11. The molecule has 0 aliphatic heterocycles. The first-order chi connectivity index (χ1) is 5.17. The number of benzene rings is 1. The van der Waals surface area contributed by atoms with Crippen molar-refractivity contribution in [3.63, 3.8) is 0 Å². The lowest BCUT2D eigenvalue weighted by molar-refractivity contribution is 1.45. The lowest BCUT2D eigenvalue weighted by Crippen LogP contribution is -2.33. The van der Waals surface area contributed by atoms with Crippen molar-refractivity contribution < 1.29 is 0 Å². The van der Waals surface area contributed by atoms with E-state index >= 15 is 0 Å². The van der Waals surface area contributed by atoms with Crippen LogP contribution < -0.4 is 5.19 Å². The minimum Gasteiger partial charge on any atom is -0.0984 e. The van der Waals surface area contributed by atoms with Crippen molar-refractivity contribution in [1.82, 2.24) is 0 Å². The second-order valence-electron chi connectivity index (χ2n) is 2.42. The summed E-state index contributed by atoms with van der Waals surface area (Å²) in [5, 5.41) is 1.55. The topological polar surface area (TPSA) is 0 Å². The largest absolute Gasteiger partial charge is 0.220 e. The molecule has 0 atom stereocenters. The number of hydrogen-bond acceptors (Lipinski definition) is 0. The molecule has 0 amide bonds. The van der Waals surface area contributed by atoms with Gasteiger partial charge in [0, 0.05) is 0 Å². The summed E-state index contributed by atoms with van der Waals surface area (Å²) in [6, 6.07) is 12.1. The van der Waals surface area contributed by atoms with E-state index < -0.39 is 3.07 Å². The van der Waals surface area contributed by atoms with E-state index in [0.29, 0.717) is 0 Å². The summed E-state index contributed by atoms with van der Waals surface area (Å²) in [5.41, 5.74) is 0. The van der Waals surface area contributed by atoms with Crippen LogP contribution >= 0.6 is 43.6 Å². The number of rotatable bonds is 2. The molecule has 0 aromatic heterocycles. The standard InChI is InChI=1S/C8H10I2Si/c1-2-11(9,10)8-6-4-3-5-7-8/h3-7H,2H2,1H3. The van der Waals surface area contributed by atoms with E-state index in [4.69, 9.17) is 0 Å². The first-order valence-corrected chi connectivity index (χ1v) is 12.0. The van der Waals surface area contributed by atoms with Gasteiger partial charge in [-0.25, -0.2) is 0 Å². The highest BCUT2D eigenvalue weighted by atomic mass is 127. The van der Waals surface area contributed by atoms with Gasteiger partial charge in [-0.2, -0.15) is 0 Å². The van der Waals surface area contributed by atoms with Crippen LogP contribution in [0.2, 0.25) is 6.04 Å². The molecule has 11 heavy (non-hydrogen) atoms. The third-order valence-electron chi connectivity index (χ3n) is 1.64. The van der Waals surface area contributed by atoms with Crippen LogP contribution in [-0.4, -0.2) is 3.07 Å². The second kappa shape index (κ2) is 4.22. The van der Waals surface area contributed by atoms with Crippen molar-refractivity contribution in [2.75, 3.05) is 0 Å². The molecule has 0 bridgehead atoms. The predicted molar refractivity (Wildman–Crippen MR) is 70.4 cm³/mol. The number of halogens is 2. The van der Waals surface area contributed by atoms with Crippen LogP contribution in [0.4, 0.5) is 0 Å². The SMILES string of the molecule is CC[Si](I)(I)c1ccccc1. The van der Waals surface area contributed by atoms with E-state index in [1.54, 1.807) is 5.19 Å². The molecule has 0 unspecified atom stereocenters. The lowest BCUT2D eigenvalue weighted by atomic mass is 10.4. The fourth-order valence-corrected chi connectivity index (χ4v) is 4.13. The highest BCUT2D eigenvalue weighted by molar-refractivity contribution is 14.3. The average molecular weight is 388 g/mol. The highest BCUT2D eigenvalue weighted by Gasteiger charge is 2.25. The van der Waals surface area contributed by atoms with E-state index in [9.17, 15) is 0 Å². The molecule has 1 rings (SSSR count). The molecule has 0 nitrogen and oxygen atoms in total. The van der Waals surface area contributed by atoms with Gasteiger partial charge in [-0.3, -0.25) is 0 Å². The van der Waals surface area contributed by atoms with Crippen LogP contribution in [-0.2, 0) is 0 Å². The summed E-state index contributed by atoms with van der Waals surface area (Å²) in [6.45, 7) is 2.28. The first-order valence-electron chi connectivity index (χ1n) is 3.60. The van der Waals surface area contributed by atoms with Gasteiger partial charge in [-0.15, -0.1) is 0 Å². The summed E-state index contributed by atoms with van der Waals surface area (Å²) in [5.74, 6) is 0. The zero-order chi connectivity index (χ0) is 8.32. The zero-order valence-electron chi connectivity index (χ0n) is 6.35. The van der Waals surface area contributed by atoms with Gasteiger partial charge in [0.2, 0.25) is 3.07 Å². The minimum atomic E-state index is -1.11. The van der Waals surface area contributed by atoms with Crippen LogP contribution in [0.25, 0.3) is 0 Å². The maximum atomic E-state index is 2.63. The van der Waals surface area contributed by atoms with Crippen molar-refractivity contribution >= 4 is 51.8 Å². The summed E-state index contributed by atoms with van der Waals surface area (Å²) in [6.07, 6.45) is 0. The molecule has 0 fully saturated rings. The minimum absolute atomic E-state index is 1.11. The Morgan fingerprint density at radius 1 is 1.18 bits per heavy atom. The van der Waals surface area contributed by atoms with Gasteiger partial charge in [0.15, 0.2) is 0 Å². The smallest absolute Gasteiger partial charge is 0.0984 e. The Balaban J connectivity index is 2.93. The Morgan fingerprint density at radius 2 is 1.73 bits per heavy atom. The van der Waals surface area contributed by atoms with E-state index in [1.165, 1.54) is 6.04 Å². The van der Waals surface area contributed by atoms with Crippen molar-refractivity contribution in [2.24, 2.45) is 0 Å². The maximum absolute atomic E-state index is 2.63. The van der Waals surface area contributed by atoms with Crippen molar-refractivity contribution in [2.45, 2.75) is 13.0 Å². The average Bonchev–Trinajstić information content (AvgIpc) is 2.06. The fraction of sp³-hybridized carbons (Fsp3) is 0.250. The molecule has 0 saturated heterocycles. The van der Waals surface area contributed by atoms with Gasteiger partial charge < -0.3 is 0 Å². The van der Waals surface area contributed by atoms with Gasteiger partial charge in [-0.05, 0) is 11.2 Å². The third-order valence-corrected chi connectivity index (χ3v) is 12.0. The number of hydrogen-bond donors (Lipinski definition) is 0. The third kappa shape index (κ3) is 2.69. The molecule has 0 radical (unpaired) electrons. The Kier molecular flexibility index (Phi) is 3.83. The van der Waals surface area contributed by atoms with Gasteiger partial charge in [0.05, 0.1) is 0 Å². The Morgan fingerprint density at radius 3 is 2.18 bits per heavy atom. The molecule has 0 aliphatic carbocycles. The molecular formula is C8H10I2Si. The molecule has 3 heteroatoms. The predicted octanol–water partition coefficient (Wildman–Crippen LogP) is 3.23. The summed E-state index contributed by atoms with van der Waals surface area (Å²) in [4.78, 5) is 0. The van der Waals surface area contributed by atoms with Crippen LogP contribution in [0.1, 0.15) is 6.92 Å². The second-order valence-corrected chi connectivity index (χ2v) is 22.4. The molecule has 0 spiro atoms. The Bertz CT molecular complexity index is 221.